The fourth-order valence-corrected chi connectivity index (χ4v) is 2.78. The number of rotatable bonds is 3. The number of methoxy groups -OCH3 is 1. The van der Waals surface area contributed by atoms with Crippen LogP contribution in [0.5, 0.6) is 11.5 Å². The second kappa shape index (κ2) is 5.22. The molecule has 1 aliphatic rings. The van der Waals surface area contributed by atoms with Gasteiger partial charge >= 0.3 is 0 Å². The minimum Gasteiger partial charge on any atom is -0.494 e. The van der Waals surface area contributed by atoms with E-state index in [2.05, 4.69) is 19.9 Å². The summed E-state index contributed by atoms with van der Waals surface area (Å²) < 4.78 is 11.2. The molecule has 6 heteroatoms. The van der Waals surface area contributed by atoms with E-state index in [1.807, 2.05) is 30.3 Å². The van der Waals surface area contributed by atoms with Crippen molar-refractivity contribution >= 4 is 16.9 Å². The second-order valence-electron chi connectivity index (χ2n) is 5.14. The summed E-state index contributed by atoms with van der Waals surface area (Å²) in [7, 11) is 1.67. The Morgan fingerprint density at radius 3 is 3.14 bits per heavy atom. The fourth-order valence-electron chi connectivity index (χ4n) is 2.78. The van der Waals surface area contributed by atoms with Crippen molar-refractivity contribution in [3.8, 4) is 11.5 Å². The highest BCUT2D eigenvalue weighted by atomic mass is 16.5. The monoisotopic (exact) mass is 296 g/mol. The van der Waals surface area contributed by atoms with Gasteiger partial charge in [0.15, 0.2) is 5.65 Å². The van der Waals surface area contributed by atoms with Crippen molar-refractivity contribution in [1.82, 2.24) is 15.0 Å². The van der Waals surface area contributed by atoms with Crippen LogP contribution in [0.3, 0.4) is 0 Å². The standard InChI is InChI=1S/C16H16N4O2/c1-21-12-5-2-6-13-15(12)20(8-9-22-13)10-14-18-11-4-3-7-17-16(11)19-14/h2-7H,8-10H2,1H3,(H,17,18,19). The molecule has 0 atom stereocenters. The number of benzene rings is 1. The van der Waals surface area contributed by atoms with Gasteiger partial charge in [-0.3, -0.25) is 0 Å². The first-order valence-corrected chi connectivity index (χ1v) is 7.19. The Kier molecular flexibility index (Phi) is 3.07. The Balaban J connectivity index is 1.70. The van der Waals surface area contributed by atoms with E-state index in [0.29, 0.717) is 13.2 Å². The number of anilines is 1. The van der Waals surface area contributed by atoms with Crippen LogP contribution in [0.25, 0.3) is 11.2 Å². The first-order valence-electron chi connectivity index (χ1n) is 7.19. The molecule has 2 aromatic heterocycles. The smallest absolute Gasteiger partial charge is 0.177 e. The summed E-state index contributed by atoms with van der Waals surface area (Å²) in [6.07, 6.45) is 1.75. The molecule has 1 N–H and O–H groups in total. The van der Waals surface area contributed by atoms with Crippen molar-refractivity contribution in [2.75, 3.05) is 25.2 Å². The number of ether oxygens (including phenoxy) is 2. The average molecular weight is 296 g/mol. The molecule has 6 nitrogen and oxygen atoms in total. The third-order valence-corrected chi connectivity index (χ3v) is 3.76. The van der Waals surface area contributed by atoms with Gasteiger partial charge in [0.25, 0.3) is 0 Å². The summed E-state index contributed by atoms with van der Waals surface area (Å²) in [6.45, 7) is 2.10. The van der Waals surface area contributed by atoms with Gasteiger partial charge in [-0.2, -0.15) is 0 Å². The van der Waals surface area contributed by atoms with E-state index in [1.54, 1.807) is 13.3 Å². The zero-order chi connectivity index (χ0) is 14.9. The first-order chi connectivity index (χ1) is 10.8. The van der Waals surface area contributed by atoms with Crippen molar-refractivity contribution in [1.29, 1.82) is 0 Å². The summed E-state index contributed by atoms with van der Waals surface area (Å²) in [4.78, 5) is 14.3. The van der Waals surface area contributed by atoms with Gasteiger partial charge < -0.3 is 19.4 Å². The SMILES string of the molecule is COc1cccc2c1N(Cc1nc3ncccc3[nH]1)CCO2. The highest BCUT2D eigenvalue weighted by Gasteiger charge is 2.23. The summed E-state index contributed by atoms with van der Waals surface area (Å²) in [5.41, 5.74) is 2.67. The molecule has 1 aliphatic heterocycles. The number of pyridine rings is 1. The van der Waals surface area contributed by atoms with E-state index in [-0.39, 0.29) is 0 Å². The molecule has 0 bridgehead atoms. The molecular formula is C16H16N4O2. The van der Waals surface area contributed by atoms with Crippen LogP contribution in [0.1, 0.15) is 5.82 Å². The topological polar surface area (TPSA) is 63.3 Å². The van der Waals surface area contributed by atoms with E-state index in [4.69, 9.17) is 9.47 Å². The Morgan fingerprint density at radius 1 is 1.32 bits per heavy atom. The molecule has 0 unspecified atom stereocenters. The first kappa shape index (κ1) is 12.9. The Bertz CT molecular complexity index is 768. The van der Waals surface area contributed by atoms with Crippen LogP contribution in [0.2, 0.25) is 0 Å². The van der Waals surface area contributed by atoms with Crippen molar-refractivity contribution in [2.24, 2.45) is 0 Å². The number of aromatic amines is 1. The predicted octanol–water partition coefficient (Wildman–Crippen LogP) is 2.37. The molecule has 3 heterocycles. The maximum Gasteiger partial charge on any atom is 0.177 e. The van der Waals surface area contributed by atoms with E-state index in [1.165, 1.54) is 0 Å². The number of aromatic nitrogens is 3. The number of hydrogen-bond donors (Lipinski definition) is 1. The number of para-hydroxylation sites is 1. The fraction of sp³-hybridized carbons (Fsp3) is 0.250. The molecule has 0 fully saturated rings. The highest BCUT2D eigenvalue weighted by Crippen LogP contribution is 2.40. The van der Waals surface area contributed by atoms with Crippen molar-refractivity contribution in [2.45, 2.75) is 6.54 Å². The van der Waals surface area contributed by atoms with E-state index < -0.39 is 0 Å². The molecule has 0 spiro atoms. The molecule has 0 saturated carbocycles. The number of nitrogens with zero attached hydrogens (tertiary/aromatic N) is 3. The molecule has 0 saturated heterocycles. The van der Waals surface area contributed by atoms with Crippen molar-refractivity contribution in [3.63, 3.8) is 0 Å². The van der Waals surface area contributed by atoms with Gasteiger partial charge in [0.1, 0.15) is 29.6 Å². The number of hydrogen-bond acceptors (Lipinski definition) is 5. The van der Waals surface area contributed by atoms with Crippen LogP contribution in [0.15, 0.2) is 36.5 Å². The van der Waals surface area contributed by atoms with Crippen LogP contribution in [0, 0.1) is 0 Å². The van der Waals surface area contributed by atoms with Gasteiger partial charge in [-0.1, -0.05) is 6.07 Å². The lowest BCUT2D eigenvalue weighted by Gasteiger charge is -2.31. The number of imidazole rings is 1. The van der Waals surface area contributed by atoms with Crippen LogP contribution in [-0.4, -0.2) is 35.2 Å². The molecular weight excluding hydrogens is 280 g/mol. The van der Waals surface area contributed by atoms with Gasteiger partial charge in [0.05, 0.1) is 25.7 Å². The van der Waals surface area contributed by atoms with Crippen LogP contribution < -0.4 is 14.4 Å². The summed E-state index contributed by atoms with van der Waals surface area (Å²) >= 11 is 0. The van der Waals surface area contributed by atoms with Gasteiger partial charge in [0.2, 0.25) is 0 Å². The number of nitrogens with one attached hydrogen (secondary N) is 1. The minimum absolute atomic E-state index is 0.651. The molecule has 4 rings (SSSR count). The molecule has 112 valence electrons. The molecule has 1 aromatic carbocycles. The predicted molar refractivity (Wildman–Crippen MR) is 83.4 cm³/mol. The van der Waals surface area contributed by atoms with E-state index in [9.17, 15) is 0 Å². The molecule has 0 radical (unpaired) electrons. The third kappa shape index (κ3) is 2.13. The Morgan fingerprint density at radius 2 is 2.27 bits per heavy atom. The quantitative estimate of drug-likeness (QED) is 0.804. The third-order valence-electron chi connectivity index (χ3n) is 3.76. The lowest BCUT2D eigenvalue weighted by molar-refractivity contribution is 0.301. The molecule has 3 aromatic rings. The van der Waals surface area contributed by atoms with Crippen LogP contribution >= 0.6 is 0 Å². The summed E-state index contributed by atoms with van der Waals surface area (Å²) in [5, 5.41) is 0. The van der Waals surface area contributed by atoms with Crippen molar-refractivity contribution < 1.29 is 9.47 Å². The molecule has 0 amide bonds. The van der Waals surface area contributed by atoms with E-state index >= 15 is 0 Å². The lowest BCUT2D eigenvalue weighted by Crippen LogP contribution is -2.32. The highest BCUT2D eigenvalue weighted by molar-refractivity contribution is 5.71. The molecule has 22 heavy (non-hydrogen) atoms. The minimum atomic E-state index is 0.651. The van der Waals surface area contributed by atoms with Gasteiger partial charge in [-0.05, 0) is 24.3 Å². The summed E-state index contributed by atoms with van der Waals surface area (Å²) in [6, 6.07) is 9.72. The van der Waals surface area contributed by atoms with Gasteiger partial charge in [0, 0.05) is 6.20 Å². The van der Waals surface area contributed by atoms with Crippen molar-refractivity contribution in [3.05, 3.63) is 42.4 Å². The van der Waals surface area contributed by atoms with Gasteiger partial charge in [-0.25, -0.2) is 9.97 Å². The van der Waals surface area contributed by atoms with E-state index in [0.717, 1.165) is 40.7 Å². The number of H-pyrrole nitrogens is 1. The maximum absolute atomic E-state index is 5.73. The van der Waals surface area contributed by atoms with Gasteiger partial charge in [-0.15, -0.1) is 0 Å². The largest absolute Gasteiger partial charge is 0.494 e. The Hall–Kier alpha value is -2.76. The van der Waals surface area contributed by atoms with Crippen LogP contribution in [0.4, 0.5) is 5.69 Å². The zero-order valence-corrected chi connectivity index (χ0v) is 12.2. The average Bonchev–Trinajstić information content (AvgIpc) is 2.96. The lowest BCUT2D eigenvalue weighted by atomic mass is 10.2. The second-order valence-corrected chi connectivity index (χ2v) is 5.14. The molecule has 0 aliphatic carbocycles. The zero-order valence-electron chi connectivity index (χ0n) is 12.2. The van der Waals surface area contributed by atoms with Crippen LogP contribution in [-0.2, 0) is 6.54 Å². The maximum atomic E-state index is 5.73. The summed E-state index contributed by atoms with van der Waals surface area (Å²) in [5.74, 6) is 2.54. The number of fused-ring (bicyclic) bond motifs is 2. The Labute approximate surface area is 127 Å². The normalized spacial score (nSPS) is 13.8.